The molecule has 0 spiro atoms. The number of imide groups is 1. The number of carbonyl (C=O) groups is 2. The Morgan fingerprint density at radius 3 is 2.58 bits per heavy atom. The number of benzene rings is 1. The molecule has 2 amide bonds. The summed E-state index contributed by atoms with van der Waals surface area (Å²) in [5, 5.41) is 11.1. The number of hydrogen-bond donors (Lipinski definition) is 1. The van der Waals surface area contributed by atoms with Gasteiger partial charge in [-0.2, -0.15) is 0 Å². The highest BCUT2D eigenvalue weighted by Crippen LogP contribution is 2.36. The Kier molecular flexibility index (Phi) is 4.51. The molecule has 1 aliphatic rings. The number of aryl methyl sites for hydroxylation is 1. The number of aliphatic hydroxyl groups excluding tert-OH is 1. The van der Waals surface area contributed by atoms with Crippen LogP contribution in [0.1, 0.15) is 10.4 Å². The van der Waals surface area contributed by atoms with Gasteiger partial charge in [0.25, 0.3) is 11.8 Å². The molecule has 5 nitrogen and oxygen atoms in total. The molecule has 0 bridgehead atoms. The van der Waals surface area contributed by atoms with Gasteiger partial charge in [0.2, 0.25) is 0 Å². The minimum absolute atomic E-state index is 0.0936. The minimum atomic E-state index is -0.357. The molecule has 2 heterocycles. The third-order valence-electron chi connectivity index (χ3n) is 3.90. The average molecular weight is 342 g/mol. The monoisotopic (exact) mass is 342 g/mol. The molecule has 0 fully saturated rings. The number of hydrogen-bond acceptors (Lipinski definition) is 5. The van der Waals surface area contributed by atoms with Crippen molar-refractivity contribution in [3.63, 3.8) is 0 Å². The summed E-state index contributed by atoms with van der Waals surface area (Å²) in [5.74, 6) is -0.683. The van der Waals surface area contributed by atoms with Crippen molar-refractivity contribution < 1.29 is 14.7 Å². The van der Waals surface area contributed by atoms with Gasteiger partial charge in [0, 0.05) is 18.5 Å². The van der Waals surface area contributed by atoms with E-state index in [-0.39, 0.29) is 25.0 Å². The van der Waals surface area contributed by atoms with Gasteiger partial charge in [-0.25, -0.2) is 4.90 Å². The lowest BCUT2D eigenvalue weighted by molar-refractivity contribution is -0.120. The summed E-state index contributed by atoms with van der Waals surface area (Å²) in [6.45, 7) is 2.11. The Labute approximate surface area is 144 Å². The van der Waals surface area contributed by atoms with Gasteiger partial charge in [-0.1, -0.05) is 18.2 Å². The topological polar surface area (TPSA) is 60.9 Å². The van der Waals surface area contributed by atoms with Gasteiger partial charge in [0.1, 0.15) is 5.70 Å². The Hall–Kier alpha value is -2.44. The molecular formula is C18H18N2O3S. The first kappa shape index (κ1) is 16.4. The first-order valence-corrected chi connectivity index (χ1v) is 8.48. The number of aliphatic hydroxyl groups is 1. The molecule has 1 aromatic heterocycles. The minimum Gasteiger partial charge on any atom is -0.395 e. The van der Waals surface area contributed by atoms with Crippen LogP contribution in [0.3, 0.4) is 0 Å². The van der Waals surface area contributed by atoms with Crippen LogP contribution in [0.5, 0.6) is 0 Å². The van der Waals surface area contributed by atoms with Crippen molar-refractivity contribution >= 4 is 34.4 Å². The number of nitrogens with zero attached hydrogens (tertiary/aromatic N) is 2. The molecule has 1 N–H and O–H groups in total. The molecule has 1 aliphatic heterocycles. The van der Waals surface area contributed by atoms with Crippen LogP contribution in [0.15, 0.2) is 47.5 Å². The molecule has 0 aliphatic carbocycles. The largest absolute Gasteiger partial charge is 0.395 e. The van der Waals surface area contributed by atoms with Gasteiger partial charge in [0.15, 0.2) is 0 Å². The van der Waals surface area contributed by atoms with Crippen molar-refractivity contribution in [2.45, 2.75) is 6.92 Å². The molecule has 24 heavy (non-hydrogen) atoms. The van der Waals surface area contributed by atoms with Crippen molar-refractivity contribution in [3.05, 3.63) is 57.9 Å². The maximum Gasteiger partial charge on any atom is 0.282 e. The smallest absolute Gasteiger partial charge is 0.282 e. The van der Waals surface area contributed by atoms with Crippen molar-refractivity contribution in [1.82, 2.24) is 4.90 Å². The third-order valence-corrected chi connectivity index (χ3v) is 4.79. The second-order valence-electron chi connectivity index (χ2n) is 5.63. The van der Waals surface area contributed by atoms with Crippen LogP contribution in [0, 0.1) is 6.92 Å². The van der Waals surface area contributed by atoms with Crippen molar-refractivity contribution in [2.24, 2.45) is 0 Å². The van der Waals surface area contributed by atoms with Crippen LogP contribution in [0.25, 0.3) is 5.57 Å². The van der Waals surface area contributed by atoms with Crippen LogP contribution < -0.4 is 4.90 Å². The van der Waals surface area contributed by atoms with E-state index in [1.807, 2.05) is 42.6 Å². The fraction of sp³-hybridized carbons (Fsp3) is 0.222. The van der Waals surface area contributed by atoms with Gasteiger partial charge in [-0.05, 0) is 36.1 Å². The predicted molar refractivity (Wildman–Crippen MR) is 94.6 cm³/mol. The van der Waals surface area contributed by atoms with E-state index in [9.17, 15) is 14.7 Å². The summed E-state index contributed by atoms with van der Waals surface area (Å²) >= 11 is 1.42. The Morgan fingerprint density at radius 2 is 1.96 bits per heavy atom. The van der Waals surface area contributed by atoms with E-state index in [0.29, 0.717) is 17.0 Å². The Bertz CT molecular complexity index is 811. The van der Waals surface area contributed by atoms with Crippen molar-refractivity contribution in [2.75, 3.05) is 25.1 Å². The summed E-state index contributed by atoms with van der Waals surface area (Å²) in [4.78, 5) is 29.6. The quantitative estimate of drug-likeness (QED) is 0.847. The van der Waals surface area contributed by atoms with Crippen LogP contribution in [-0.2, 0) is 9.59 Å². The number of likely N-dealkylation sites (N-methyl/N-ethyl adjacent to an activating group) is 1. The van der Waals surface area contributed by atoms with E-state index in [0.717, 1.165) is 10.4 Å². The molecule has 0 atom stereocenters. The zero-order valence-corrected chi connectivity index (χ0v) is 14.3. The lowest BCUT2D eigenvalue weighted by Gasteiger charge is -2.20. The number of amides is 2. The van der Waals surface area contributed by atoms with E-state index < -0.39 is 0 Å². The summed E-state index contributed by atoms with van der Waals surface area (Å²) in [7, 11) is 1.71. The van der Waals surface area contributed by atoms with E-state index in [4.69, 9.17) is 0 Å². The highest BCUT2D eigenvalue weighted by molar-refractivity contribution is 7.11. The van der Waals surface area contributed by atoms with Crippen LogP contribution in [0.4, 0.5) is 5.69 Å². The number of anilines is 1. The van der Waals surface area contributed by atoms with E-state index in [1.54, 1.807) is 18.0 Å². The van der Waals surface area contributed by atoms with Gasteiger partial charge in [-0.15, -0.1) is 11.3 Å². The summed E-state index contributed by atoms with van der Waals surface area (Å²) in [5.41, 5.74) is 2.26. The van der Waals surface area contributed by atoms with Crippen LogP contribution in [0.2, 0.25) is 0 Å². The molecule has 0 unspecified atom stereocenters. The van der Waals surface area contributed by atoms with Crippen LogP contribution >= 0.6 is 11.3 Å². The molecule has 0 radical (unpaired) electrons. The Balaban J connectivity index is 2.11. The van der Waals surface area contributed by atoms with Gasteiger partial charge >= 0.3 is 0 Å². The molecule has 0 saturated carbocycles. The molecule has 2 aromatic rings. The van der Waals surface area contributed by atoms with E-state index in [2.05, 4.69) is 0 Å². The average Bonchev–Trinajstić information content (AvgIpc) is 3.13. The second kappa shape index (κ2) is 6.59. The van der Waals surface area contributed by atoms with Crippen molar-refractivity contribution in [3.8, 4) is 0 Å². The first-order valence-electron chi connectivity index (χ1n) is 7.60. The Morgan fingerprint density at radius 1 is 1.17 bits per heavy atom. The van der Waals surface area contributed by atoms with Crippen molar-refractivity contribution in [1.29, 1.82) is 0 Å². The summed E-state index contributed by atoms with van der Waals surface area (Å²) < 4.78 is 0. The number of carbonyl (C=O) groups excluding carboxylic acids is 2. The predicted octanol–water partition coefficient (Wildman–Crippen LogP) is 2.27. The van der Waals surface area contributed by atoms with Gasteiger partial charge in [0.05, 0.1) is 17.9 Å². The summed E-state index contributed by atoms with van der Waals surface area (Å²) in [6, 6.07) is 11.0. The molecule has 0 saturated heterocycles. The zero-order chi connectivity index (χ0) is 17.3. The first-order chi connectivity index (χ1) is 11.5. The third kappa shape index (κ3) is 2.74. The molecule has 124 valence electrons. The highest BCUT2D eigenvalue weighted by atomic mass is 32.1. The second-order valence-corrected chi connectivity index (χ2v) is 6.58. The normalized spacial score (nSPS) is 14.7. The SMILES string of the molecule is Cc1cccc(N2C(=O)C(c3cccs3)=C(N(C)CCO)C2=O)c1. The maximum atomic E-state index is 13.0. The maximum absolute atomic E-state index is 13.0. The fourth-order valence-corrected chi connectivity index (χ4v) is 3.54. The van der Waals surface area contributed by atoms with Crippen LogP contribution in [-0.4, -0.2) is 42.0 Å². The standard InChI is InChI=1S/C18H18N2O3S/c1-12-5-3-6-13(11-12)20-17(22)15(14-7-4-10-24-14)16(18(20)23)19(2)8-9-21/h3-7,10-11,21H,8-9H2,1-2H3. The van der Waals surface area contributed by atoms with Gasteiger partial charge < -0.3 is 10.0 Å². The molecular weight excluding hydrogens is 324 g/mol. The number of thiophene rings is 1. The fourth-order valence-electron chi connectivity index (χ4n) is 2.78. The molecule has 1 aromatic carbocycles. The van der Waals surface area contributed by atoms with E-state index >= 15 is 0 Å². The zero-order valence-electron chi connectivity index (χ0n) is 13.5. The van der Waals surface area contributed by atoms with E-state index in [1.165, 1.54) is 16.2 Å². The molecule has 6 heteroatoms. The van der Waals surface area contributed by atoms with Gasteiger partial charge in [-0.3, -0.25) is 9.59 Å². The summed E-state index contributed by atoms with van der Waals surface area (Å²) in [6.07, 6.45) is 0. The lowest BCUT2D eigenvalue weighted by Crippen LogP contribution is -2.34. The molecule has 3 rings (SSSR count). The number of rotatable bonds is 5. The highest BCUT2D eigenvalue weighted by Gasteiger charge is 2.42. The lowest BCUT2D eigenvalue weighted by atomic mass is 10.1.